The van der Waals surface area contributed by atoms with E-state index in [1.807, 2.05) is 26.8 Å². The SMILES string of the molecule is Cc1cc(Br)c(NC(=O)N(CCC(=O)O)C(C)C)cc1Cl. The molecule has 2 N–H and O–H groups in total. The Morgan fingerprint density at radius 2 is 2.05 bits per heavy atom. The largest absolute Gasteiger partial charge is 0.481 e. The number of anilines is 1. The molecule has 7 heteroatoms. The summed E-state index contributed by atoms with van der Waals surface area (Å²) in [4.78, 5) is 24.4. The summed E-state index contributed by atoms with van der Waals surface area (Å²) in [6.45, 7) is 5.68. The maximum Gasteiger partial charge on any atom is 0.322 e. The molecule has 0 aliphatic heterocycles. The number of amides is 2. The van der Waals surface area contributed by atoms with Gasteiger partial charge in [0.25, 0.3) is 0 Å². The molecular formula is C14H18BrClN2O3. The number of urea groups is 1. The Hall–Kier alpha value is -1.27. The van der Waals surface area contributed by atoms with Crippen LogP contribution in [0.15, 0.2) is 16.6 Å². The number of rotatable bonds is 5. The van der Waals surface area contributed by atoms with Crippen LogP contribution in [0, 0.1) is 6.92 Å². The molecule has 0 atom stereocenters. The number of aryl methyl sites for hydroxylation is 1. The molecular weight excluding hydrogens is 360 g/mol. The molecule has 0 radical (unpaired) electrons. The number of carbonyl (C=O) groups is 2. The van der Waals surface area contributed by atoms with Gasteiger partial charge in [0.2, 0.25) is 0 Å². The molecule has 116 valence electrons. The molecule has 0 saturated carbocycles. The maximum atomic E-state index is 12.3. The molecule has 0 saturated heterocycles. The van der Waals surface area contributed by atoms with Crippen molar-refractivity contribution in [1.29, 1.82) is 0 Å². The Balaban J connectivity index is 2.86. The summed E-state index contributed by atoms with van der Waals surface area (Å²) in [6.07, 6.45) is -0.0958. The van der Waals surface area contributed by atoms with Crippen molar-refractivity contribution in [3.8, 4) is 0 Å². The summed E-state index contributed by atoms with van der Waals surface area (Å²) in [6, 6.07) is 3.01. The van der Waals surface area contributed by atoms with E-state index in [1.165, 1.54) is 4.90 Å². The van der Waals surface area contributed by atoms with Crippen LogP contribution in [0.25, 0.3) is 0 Å². The Labute approximate surface area is 137 Å². The number of hydrogen-bond acceptors (Lipinski definition) is 2. The molecule has 0 fully saturated rings. The fourth-order valence-electron chi connectivity index (χ4n) is 1.74. The zero-order valence-electron chi connectivity index (χ0n) is 12.1. The van der Waals surface area contributed by atoms with Gasteiger partial charge < -0.3 is 15.3 Å². The zero-order chi connectivity index (χ0) is 16.2. The van der Waals surface area contributed by atoms with Gasteiger partial charge in [0, 0.05) is 22.1 Å². The maximum absolute atomic E-state index is 12.3. The van der Waals surface area contributed by atoms with Crippen LogP contribution in [-0.4, -0.2) is 34.6 Å². The molecule has 0 aliphatic carbocycles. The van der Waals surface area contributed by atoms with Crippen LogP contribution < -0.4 is 5.32 Å². The second-order valence-corrected chi connectivity index (χ2v) is 6.20. The van der Waals surface area contributed by atoms with Crippen LogP contribution in [-0.2, 0) is 4.79 Å². The molecule has 0 bridgehead atoms. The Morgan fingerprint density at radius 1 is 1.43 bits per heavy atom. The van der Waals surface area contributed by atoms with Crippen LogP contribution in [0.3, 0.4) is 0 Å². The first-order valence-electron chi connectivity index (χ1n) is 6.47. The van der Waals surface area contributed by atoms with E-state index in [-0.39, 0.29) is 25.0 Å². The van der Waals surface area contributed by atoms with Gasteiger partial charge in [-0.1, -0.05) is 11.6 Å². The average molecular weight is 378 g/mol. The van der Waals surface area contributed by atoms with Crippen molar-refractivity contribution < 1.29 is 14.7 Å². The smallest absolute Gasteiger partial charge is 0.322 e. The van der Waals surface area contributed by atoms with Gasteiger partial charge >= 0.3 is 12.0 Å². The molecule has 1 aromatic carbocycles. The number of nitrogens with one attached hydrogen (secondary N) is 1. The molecule has 21 heavy (non-hydrogen) atoms. The Morgan fingerprint density at radius 3 is 2.57 bits per heavy atom. The van der Waals surface area contributed by atoms with Gasteiger partial charge in [0.05, 0.1) is 12.1 Å². The predicted octanol–water partition coefficient (Wildman–Crippen LogP) is 4.13. The molecule has 0 aliphatic rings. The quantitative estimate of drug-likeness (QED) is 0.810. The van der Waals surface area contributed by atoms with Gasteiger partial charge in [-0.2, -0.15) is 0 Å². The molecule has 0 heterocycles. The van der Waals surface area contributed by atoms with Gasteiger partial charge in [-0.05, 0) is 54.4 Å². The first kappa shape index (κ1) is 17.8. The number of hydrogen-bond donors (Lipinski definition) is 2. The lowest BCUT2D eigenvalue weighted by molar-refractivity contribution is -0.137. The predicted molar refractivity (Wildman–Crippen MR) is 87.0 cm³/mol. The van der Waals surface area contributed by atoms with E-state index >= 15 is 0 Å². The lowest BCUT2D eigenvalue weighted by Gasteiger charge is -2.26. The summed E-state index contributed by atoms with van der Waals surface area (Å²) >= 11 is 9.42. The van der Waals surface area contributed by atoms with Gasteiger partial charge in [0.1, 0.15) is 0 Å². The summed E-state index contributed by atoms with van der Waals surface area (Å²) in [5.74, 6) is -0.937. The van der Waals surface area contributed by atoms with Crippen molar-refractivity contribution in [3.63, 3.8) is 0 Å². The number of aliphatic carboxylic acids is 1. The minimum absolute atomic E-state index is 0.0958. The van der Waals surface area contributed by atoms with E-state index in [4.69, 9.17) is 16.7 Å². The number of benzene rings is 1. The van der Waals surface area contributed by atoms with Crippen molar-refractivity contribution in [1.82, 2.24) is 4.90 Å². The molecule has 0 spiro atoms. The van der Waals surface area contributed by atoms with Crippen LogP contribution >= 0.6 is 27.5 Å². The molecule has 1 aromatic rings. The van der Waals surface area contributed by atoms with Crippen molar-refractivity contribution in [2.24, 2.45) is 0 Å². The van der Waals surface area contributed by atoms with Crippen LogP contribution in [0.4, 0.5) is 10.5 Å². The lowest BCUT2D eigenvalue weighted by Crippen LogP contribution is -2.41. The molecule has 0 unspecified atom stereocenters. The number of nitrogens with zero attached hydrogens (tertiary/aromatic N) is 1. The average Bonchev–Trinajstić information content (AvgIpc) is 2.35. The summed E-state index contributed by atoms with van der Waals surface area (Å²) in [7, 11) is 0. The zero-order valence-corrected chi connectivity index (χ0v) is 14.5. The third-order valence-corrected chi connectivity index (χ3v) is 4.00. The monoisotopic (exact) mass is 376 g/mol. The van der Waals surface area contributed by atoms with Crippen LogP contribution in [0.2, 0.25) is 5.02 Å². The fraction of sp³-hybridized carbons (Fsp3) is 0.429. The van der Waals surface area contributed by atoms with E-state index in [1.54, 1.807) is 6.07 Å². The van der Waals surface area contributed by atoms with Crippen molar-refractivity contribution in [3.05, 3.63) is 27.2 Å². The summed E-state index contributed by atoms with van der Waals surface area (Å²) in [5, 5.41) is 12.0. The van der Waals surface area contributed by atoms with E-state index < -0.39 is 5.97 Å². The summed E-state index contributed by atoms with van der Waals surface area (Å²) in [5.41, 5.74) is 1.45. The molecule has 5 nitrogen and oxygen atoms in total. The minimum Gasteiger partial charge on any atom is -0.481 e. The highest BCUT2D eigenvalue weighted by molar-refractivity contribution is 9.10. The van der Waals surface area contributed by atoms with Crippen LogP contribution in [0.1, 0.15) is 25.8 Å². The van der Waals surface area contributed by atoms with E-state index in [9.17, 15) is 9.59 Å². The first-order valence-corrected chi connectivity index (χ1v) is 7.64. The number of carbonyl (C=O) groups excluding carboxylic acids is 1. The van der Waals surface area contributed by atoms with E-state index in [0.717, 1.165) is 10.0 Å². The Bertz CT molecular complexity index is 549. The van der Waals surface area contributed by atoms with Crippen molar-refractivity contribution in [2.45, 2.75) is 33.2 Å². The normalized spacial score (nSPS) is 10.6. The highest BCUT2D eigenvalue weighted by Gasteiger charge is 2.19. The van der Waals surface area contributed by atoms with Crippen LogP contribution in [0.5, 0.6) is 0 Å². The van der Waals surface area contributed by atoms with Gasteiger partial charge in [-0.3, -0.25) is 4.79 Å². The van der Waals surface area contributed by atoms with Gasteiger partial charge in [-0.15, -0.1) is 0 Å². The van der Waals surface area contributed by atoms with Crippen molar-refractivity contribution in [2.75, 3.05) is 11.9 Å². The summed E-state index contributed by atoms with van der Waals surface area (Å²) < 4.78 is 0.722. The third-order valence-electron chi connectivity index (χ3n) is 2.94. The highest BCUT2D eigenvalue weighted by Crippen LogP contribution is 2.29. The molecule has 0 aromatic heterocycles. The number of halogens is 2. The van der Waals surface area contributed by atoms with Crippen molar-refractivity contribution >= 4 is 45.2 Å². The van der Waals surface area contributed by atoms with E-state index in [0.29, 0.717) is 10.7 Å². The van der Waals surface area contributed by atoms with E-state index in [2.05, 4.69) is 21.2 Å². The first-order chi connectivity index (χ1) is 9.72. The number of carboxylic acid groups (broad SMARTS) is 1. The second kappa shape index (κ2) is 7.66. The Kier molecular flexibility index (Phi) is 6.48. The number of carboxylic acids is 1. The fourth-order valence-corrected chi connectivity index (χ4v) is 2.46. The minimum atomic E-state index is -0.937. The van der Waals surface area contributed by atoms with Gasteiger partial charge in [-0.25, -0.2) is 4.79 Å². The topological polar surface area (TPSA) is 69.6 Å². The standard InChI is InChI=1S/C14H18BrClN2O3/c1-8(2)18(5-4-13(19)20)14(21)17-12-7-11(16)9(3)6-10(12)15/h6-8H,4-5H2,1-3H3,(H,17,21)(H,19,20). The second-order valence-electron chi connectivity index (χ2n) is 4.94. The molecule has 1 rings (SSSR count). The third kappa shape index (κ3) is 5.21. The molecule has 2 amide bonds. The highest BCUT2D eigenvalue weighted by atomic mass is 79.9. The van der Waals surface area contributed by atoms with Gasteiger partial charge in [0.15, 0.2) is 0 Å². The lowest BCUT2D eigenvalue weighted by atomic mass is 10.2.